The Bertz CT molecular complexity index is 816. The van der Waals surface area contributed by atoms with E-state index in [0.717, 1.165) is 11.1 Å². The normalized spacial score (nSPS) is 10.3. The molecule has 0 spiro atoms. The summed E-state index contributed by atoms with van der Waals surface area (Å²) in [5, 5.41) is 9.25. The van der Waals surface area contributed by atoms with Crippen molar-refractivity contribution in [1.82, 2.24) is 4.90 Å². The molecule has 1 N–H and O–H groups in total. The molecule has 1 amide bonds. The van der Waals surface area contributed by atoms with Crippen molar-refractivity contribution < 1.29 is 24.2 Å². The second-order valence-electron chi connectivity index (χ2n) is 6.02. The molecule has 0 atom stereocenters. The minimum atomic E-state index is -1.04. The number of ether oxygens (including phenoxy) is 2. The lowest BCUT2D eigenvalue weighted by atomic mass is 10.0. The minimum absolute atomic E-state index is 0.0330. The van der Waals surface area contributed by atoms with E-state index in [1.54, 1.807) is 44.4 Å². The van der Waals surface area contributed by atoms with Gasteiger partial charge in [0.05, 0.1) is 26.2 Å². The maximum atomic E-state index is 12.6. The Morgan fingerprint density at radius 1 is 1.04 bits per heavy atom. The molecule has 6 heteroatoms. The molecule has 0 fully saturated rings. The number of carbonyl (C=O) groups excluding carboxylic acids is 1. The van der Waals surface area contributed by atoms with Crippen molar-refractivity contribution in [2.45, 2.75) is 19.9 Å². The molecule has 2 aromatic carbocycles. The number of amides is 1. The first-order valence-corrected chi connectivity index (χ1v) is 8.14. The third kappa shape index (κ3) is 4.33. The van der Waals surface area contributed by atoms with E-state index in [-0.39, 0.29) is 17.9 Å². The van der Waals surface area contributed by atoms with Gasteiger partial charge in [0, 0.05) is 13.6 Å². The summed E-state index contributed by atoms with van der Waals surface area (Å²) in [6.07, 6.45) is 0.0330. The van der Waals surface area contributed by atoms with Gasteiger partial charge in [0.2, 0.25) is 5.91 Å². The molecule has 2 aromatic rings. The summed E-state index contributed by atoms with van der Waals surface area (Å²) >= 11 is 0. The highest BCUT2D eigenvalue weighted by atomic mass is 16.5. The van der Waals surface area contributed by atoms with Gasteiger partial charge in [0.15, 0.2) is 11.5 Å². The zero-order chi connectivity index (χ0) is 19.3. The first kappa shape index (κ1) is 19.3. The highest BCUT2D eigenvalue weighted by Gasteiger charge is 2.17. The highest BCUT2D eigenvalue weighted by molar-refractivity contribution is 5.91. The van der Waals surface area contributed by atoms with Crippen LogP contribution in [0.1, 0.15) is 27.0 Å². The molecule has 0 saturated heterocycles. The molecular formula is C20H23NO5. The van der Waals surface area contributed by atoms with E-state index < -0.39 is 5.97 Å². The summed E-state index contributed by atoms with van der Waals surface area (Å²) in [6, 6.07) is 10.3. The van der Waals surface area contributed by atoms with Gasteiger partial charge in [-0.05, 0) is 41.8 Å². The Kier molecular flexibility index (Phi) is 6.22. The zero-order valence-corrected chi connectivity index (χ0v) is 15.4. The standard InChI is InChI=1S/C20H23NO5/c1-13-9-17(25-3)18(26-4)10-15(13)12-21(2)19(22)11-14-7-5-6-8-16(14)20(23)24/h5-10H,11-12H2,1-4H3,(H,23,24). The predicted molar refractivity (Wildman–Crippen MR) is 97.9 cm³/mol. The van der Waals surface area contributed by atoms with Crippen molar-refractivity contribution in [1.29, 1.82) is 0 Å². The Balaban J connectivity index is 2.16. The third-order valence-corrected chi connectivity index (χ3v) is 4.26. The average Bonchev–Trinajstić information content (AvgIpc) is 2.63. The van der Waals surface area contributed by atoms with Gasteiger partial charge in [-0.25, -0.2) is 4.79 Å². The number of nitrogens with zero attached hydrogens (tertiary/aromatic N) is 1. The molecule has 0 saturated carbocycles. The van der Waals surface area contributed by atoms with Crippen molar-refractivity contribution in [3.63, 3.8) is 0 Å². The van der Waals surface area contributed by atoms with Crippen LogP contribution in [0.25, 0.3) is 0 Å². The van der Waals surface area contributed by atoms with Gasteiger partial charge in [-0.15, -0.1) is 0 Å². The van der Waals surface area contributed by atoms with Crippen LogP contribution in [0, 0.1) is 6.92 Å². The van der Waals surface area contributed by atoms with E-state index in [0.29, 0.717) is 23.6 Å². The van der Waals surface area contributed by atoms with Gasteiger partial charge in [-0.2, -0.15) is 0 Å². The Hall–Kier alpha value is -3.02. The molecule has 0 unspecified atom stereocenters. The van der Waals surface area contributed by atoms with Crippen molar-refractivity contribution in [2.75, 3.05) is 21.3 Å². The largest absolute Gasteiger partial charge is 0.493 e. The monoisotopic (exact) mass is 357 g/mol. The smallest absolute Gasteiger partial charge is 0.335 e. The summed E-state index contributed by atoms with van der Waals surface area (Å²) in [5.74, 6) is 0.0444. The Morgan fingerprint density at radius 2 is 1.65 bits per heavy atom. The van der Waals surface area contributed by atoms with Crippen LogP contribution in [0.3, 0.4) is 0 Å². The van der Waals surface area contributed by atoms with Gasteiger partial charge in [-0.1, -0.05) is 18.2 Å². The molecule has 0 aromatic heterocycles. The number of carboxylic acids is 1. The fraction of sp³-hybridized carbons (Fsp3) is 0.300. The summed E-state index contributed by atoms with van der Waals surface area (Å²) in [6.45, 7) is 2.33. The van der Waals surface area contributed by atoms with E-state index in [1.807, 2.05) is 19.1 Å². The molecule has 0 aliphatic carbocycles. The van der Waals surface area contributed by atoms with Crippen LogP contribution in [0.5, 0.6) is 11.5 Å². The van der Waals surface area contributed by atoms with Crippen molar-refractivity contribution in [2.24, 2.45) is 0 Å². The number of benzene rings is 2. The first-order valence-electron chi connectivity index (χ1n) is 8.14. The molecule has 138 valence electrons. The fourth-order valence-corrected chi connectivity index (χ4v) is 2.72. The molecule has 2 rings (SSSR count). The van der Waals surface area contributed by atoms with Crippen LogP contribution in [0.4, 0.5) is 0 Å². The van der Waals surface area contributed by atoms with Crippen LogP contribution in [0.2, 0.25) is 0 Å². The number of rotatable bonds is 7. The third-order valence-electron chi connectivity index (χ3n) is 4.26. The van der Waals surface area contributed by atoms with Gasteiger partial charge < -0.3 is 19.5 Å². The molecule has 0 aliphatic heterocycles. The molecule has 0 heterocycles. The summed E-state index contributed by atoms with van der Waals surface area (Å²) in [4.78, 5) is 25.4. The summed E-state index contributed by atoms with van der Waals surface area (Å²) in [7, 11) is 4.84. The lowest BCUT2D eigenvalue weighted by Gasteiger charge is -2.20. The van der Waals surface area contributed by atoms with Gasteiger partial charge >= 0.3 is 5.97 Å². The van der Waals surface area contributed by atoms with E-state index in [9.17, 15) is 14.7 Å². The number of carbonyl (C=O) groups is 2. The Labute approximate surface area is 153 Å². The Morgan fingerprint density at radius 3 is 2.27 bits per heavy atom. The van der Waals surface area contributed by atoms with Gasteiger partial charge in [0.25, 0.3) is 0 Å². The second-order valence-corrected chi connectivity index (χ2v) is 6.02. The number of hydrogen-bond donors (Lipinski definition) is 1. The predicted octanol–water partition coefficient (Wildman–Crippen LogP) is 2.91. The molecule has 0 radical (unpaired) electrons. The lowest BCUT2D eigenvalue weighted by Crippen LogP contribution is -2.28. The minimum Gasteiger partial charge on any atom is -0.493 e. The number of aromatic carboxylic acids is 1. The molecule has 26 heavy (non-hydrogen) atoms. The second kappa shape index (κ2) is 8.38. The molecule has 6 nitrogen and oxygen atoms in total. The van der Waals surface area contributed by atoms with E-state index >= 15 is 0 Å². The van der Waals surface area contributed by atoms with Crippen molar-refractivity contribution in [3.8, 4) is 11.5 Å². The van der Waals surface area contributed by atoms with Crippen LogP contribution < -0.4 is 9.47 Å². The van der Waals surface area contributed by atoms with E-state index in [1.165, 1.54) is 6.07 Å². The number of hydrogen-bond acceptors (Lipinski definition) is 4. The van der Waals surface area contributed by atoms with Crippen LogP contribution >= 0.6 is 0 Å². The highest BCUT2D eigenvalue weighted by Crippen LogP contribution is 2.30. The van der Waals surface area contributed by atoms with E-state index in [4.69, 9.17) is 9.47 Å². The summed E-state index contributed by atoms with van der Waals surface area (Å²) in [5.41, 5.74) is 2.57. The number of likely N-dealkylation sites (N-methyl/N-ethyl adjacent to an activating group) is 1. The number of carboxylic acid groups (broad SMARTS) is 1. The SMILES string of the molecule is COc1cc(C)c(CN(C)C(=O)Cc2ccccc2C(=O)O)cc1OC. The number of methoxy groups -OCH3 is 2. The lowest BCUT2D eigenvalue weighted by molar-refractivity contribution is -0.129. The fourth-order valence-electron chi connectivity index (χ4n) is 2.72. The zero-order valence-electron chi connectivity index (χ0n) is 15.4. The molecule has 0 aliphatic rings. The maximum Gasteiger partial charge on any atom is 0.335 e. The van der Waals surface area contributed by atoms with Gasteiger partial charge in [-0.3, -0.25) is 4.79 Å². The first-order chi connectivity index (χ1) is 12.4. The van der Waals surface area contributed by atoms with Crippen LogP contribution in [-0.4, -0.2) is 43.2 Å². The van der Waals surface area contributed by atoms with Crippen LogP contribution in [0.15, 0.2) is 36.4 Å². The topological polar surface area (TPSA) is 76.1 Å². The molecule has 0 bridgehead atoms. The van der Waals surface area contributed by atoms with Crippen molar-refractivity contribution in [3.05, 3.63) is 58.7 Å². The van der Waals surface area contributed by atoms with Crippen molar-refractivity contribution >= 4 is 11.9 Å². The molecular weight excluding hydrogens is 334 g/mol. The van der Waals surface area contributed by atoms with E-state index in [2.05, 4.69) is 0 Å². The quantitative estimate of drug-likeness (QED) is 0.824. The average molecular weight is 357 g/mol. The number of aryl methyl sites for hydroxylation is 1. The summed E-state index contributed by atoms with van der Waals surface area (Å²) < 4.78 is 10.6. The maximum absolute atomic E-state index is 12.6. The van der Waals surface area contributed by atoms with Gasteiger partial charge in [0.1, 0.15) is 0 Å². The van der Waals surface area contributed by atoms with Crippen LogP contribution in [-0.2, 0) is 17.8 Å².